The standard InChI is InChI=1S/C12H15ClNO/c1-2-3-4-8-14-15-10-11-6-5-7-12(13)9-11/h5-7,9H,2-4,10H2,1H3. The second-order valence-electron chi connectivity index (χ2n) is 3.26. The molecule has 0 unspecified atom stereocenters. The molecule has 15 heavy (non-hydrogen) atoms. The van der Waals surface area contributed by atoms with Crippen LogP contribution in [0.15, 0.2) is 29.4 Å². The fourth-order valence-corrected chi connectivity index (χ4v) is 1.29. The van der Waals surface area contributed by atoms with E-state index in [-0.39, 0.29) is 0 Å². The molecule has 1 aromatic carbocycles. The molecule has 0 fully saturated rings. The zero-order valence-electron chi connectivity index (χ0n) is 8.87. The molecule has 0 heterocycles. The van der Waals surface area contributed by atoms with Crippen molar-refractivity contribution in [3.63, 3.8) is 0 Å². The van der Waals surface area contributed by atoms with Crippen molar-refractivity contribution in [1.29, 1.82) is 0 Å². The Morgan fingerprint density at radius 2 is 2.33 bits per heavy atom. The highest BCUT2D eigenvalue weighted by Crippen LogP contribution is 2.11. The first-order valence-electron chi connectivity index (χ1n) is 5.12. The van der Waals surface area contributed by atoms with Crippen molar-refractivity contribution in [2.75, 3.05) is 0 Å². The average molecular weight is 225 g/mol. The van der Waals surface area contributed by atoms with E-state index in [4.69, 9.17) is 16.4 Å². The van der Waals surface area contributed by atoms with Gasteiger partial charge in [0.05, 0.1) is 0 Å². The molecule has 0 saturated carbocycles. The molecule has 81 valence electrons. The first-order chi connectivity index (χ1) is 7.33. The highest BCUT2D eigenvalue weighted by Gasteiger charge is 1.93. The molecule has 1 aromatic rings. The van der Waals surface area contributed by atoms with Gasteiger partial charge in [0.15, 0.2) is 0 Å². The number of hydrogen-bond donors (Lipinski definition) is 0. The van der Waals surface area contributed by atoms with Crippen molar-refractivity contribution in [3.8, 4) is 0 Å². The van der Waals surface area contributed by atoms with Crippen LogP contribution in [-0.2, 0) is 11.4 Å². The number of hydrogen-bond acceptors (Lipinski definition) is 2. The van der Waals surface area contributed by atoms with Crippen molar-refractivity contribution < 1.29 is 4.84 Å². The van der Waals surface area contributed by atoms with Crippen LogP contribution in [0.4, 0.5) is 0 Å². The fraction of sp³-hybridized carbons (Fsp3) is 0.417. The van der Waals surface area contributed by atoms with E-state index in [1.165, 1.54) is 0 Å². The molecular weight excluding hydrogens is 210 g/mol. The topological polar surface area (TPSA) is 21.6 Å². The SMILES string of the molecule is CCCC/[C]=N/OCc1cccc(Cl)c1. The minimum atomic E-state index is 0.444. The number of benzene rings is 1. The normalized spacial score (nSPS) is 10.8. The molecule has 1 rings (SSSR count). The number of unbranched alkanes of at least 4 members (excludes halogenated alkanes) is 2. The van der Waals surface area contributed by atoms with Gasteiger partial charge in [0.2, 0.25) is 0 Å². The maximum atomic E-state index is 5.82. The van der Waals surface area contributed by atoms with Gasteiger partial charge in [-0.2, -0.15) is 0 Å². The number of halogens is 1. The van der Waals surface area contributed by atoms with E-state index in [0.29, 0.717) is 6.61 Å². The smallest absolute Gasteiger partial charge is 0.142 e. The Kier molecular flexibility index (Phi) is 5.86. The Labute approximate surface area is 95.9 Å². The van der Waals surface area contributed by atoms with Crippen LogP contribution in [0, 0.1) is 0 Å². The quantitative estimate of drug-likeness (QED) is 0.408. The molecule has 3 heteroatoms. The molecule has 0 aliphatic heterocycles. The van der Waals surface area contributed by atoms with Crippen molar-refractivity contribution in [2.24, 2.45) is 5.16 Å². The predicted molar refractivity (Wildman–Crippen MR) is 63.2 cm³/mol. The maximum Gasteiger partial charge on any atom is 0.142 e. The Morgan fingerprint density at radius 3 is 3.07 bits per heavy atom. The summed E-state index contributed by atoms with van der Waals surface area (Å²) in [6.07, 6.45) is 5.95. The van der Waals surface area contributed by atoms with Gasteiger partial charge in [-0.3, -0.25) is 0 Å². The summed E-state index contributed by atoms with van der Waals surface area (Å²) < 4.78 is 0. The van der Waals surface area contributed by atoms with Crippen LogP contribution in [-0.4, -0.2) is 6.21 Å². The molecule has 0 spiro atoms. The summed E-state index contributed by atoms with van der Waals surface area (Å²) in [4.78, 5) is 5.08. The van der Waals surface area contributed by atoms with Crippen molar-refractivity contribution in [2.45, 2.75) is 32.8 Å². The Hall–Kier alpha value is -1.02. The molecule has 0 saturated heterocycles. The van der Waals surface area contributed by atoms with E-state index in [0.717, 1.165) is 29.8 Å². The largest absolute Gasteiger partial charge is 0.391 e. The third-order valence-electron chi connectivity index (χ3n) is 1.89. The molecule has 0 aliphatic rings. The highest BCUT2D eigenvalue weighted by atomic mass is 35.5. The van der Waals surface area contributed by atoms with Gasteiger partial charge in [-0.15, -0.1) is 0 Å². The van der Waals surface area contributed by atoms with Crippen molar-refractivity contribution in [1.82, 2.24) is 0 Å². The molecule has 0 bridgehead atoms. The minimum Gasteiger partial charge on any atom is -0.391 e. The van der Waals surface area contributed by atoms with Crippen LogP contribution in [0.5, 0.6) is 0 Å². The second-order valence-corrected chi connectivity index (χ2v) is 3.69. The molecule has 0 atom stereocenters. The summed E-state index contributed by atoms with van der Waals surface area (Å²) in [7, 11) is 0. The van der Waals surface area contributed by atoms with Gasteiger partial charge in [0.25, 0.3) is 0 Å². The summed E-state index contributed by atoms with van der Waals surface area (Å²) in [6.45, 7) is 2.58. The zero-order valence-corrected chi connectivity index (χ0v) is 9.63. The minimum absolute atomic E-state index is 0.444. The van der Waals surface area contributed by atoms with Gasteiger partial charge in [0, 0.05) is 5.02 Å². The molecule has 1 radical (unpaired) electrons. The summed E-state index contributed by atoms with van der Waals surface area (Å²) in [5.41, 5.74) is 1.02. The predicted octanol–water partition coefficient (Wildman–Crippen LogP) is 3.91. The highest BCUT2D eigenvalue weighted by molar-refractivity contribution is 6.30. The Bertz CT molecular complexity index is 312. The van der Waals surface area contributed by atoms with E-state index >= 15 is 0 Å². The van der Waals surface area contributed by atoms with Gasteiger partial charge < -0.3 is 4.84 Å². The summed E-state index contributed by atoms with van der Waals surface area (Å²) >= 11 is 5.82. The lowest BCUT2D eigenvalue weighted by molar-refractivity contribution is 0.131. The van der Waals surface area contributed by atoms with Crippen LogP contribution in [0.1, 0.15) is 31.7 Å². The van der Waals surface area contributed by atoms with Gasteiger partial charge in [-0.05, 0) is 30.5 Å². The van der Waals surface area contributed by atoms with Crippen molar-refractivity contribution >= 4 is 17.8 Å². The van der Waals surface area contributed by atoms with Crippen LogP contribution < -0.4 is 0 Å². The first kappa shape index (κ1) is 12.1. The third-order valence-corrected chi connectivity index (χ3v) is 2.13. The second kappa shape index (κ2) is 7.30. The zero-order chi connectivity index (χ0) is 10.9. The van der Waals surface area contributed by atoms with Crippen LogP contribution in [0.3, 0.4) is 0 Å². The lowest BCUT2D eigenvalue weighted by Crippen LogP contribution is -1.87. The van der Waals surface area contributed by atoms with Crippen molar-refractivity contribution in [3.05, 3.63) is 34.9 Å². The summed E-state index contributed by atoms with van der Waals surface area (Å²) in [5, 5.41) is 4.46. The molecule has 0 amide bonds. The van der Waals surface area contributed by atoms with Gasteiger partial charge in [-0.25, -0.2) is 0 Å². The molecule has 0 aromatic heterocycles. The fourth-order valence-electron chi connectivity index (χ4n) is 1.08. The van der Waals surface area contributed by atoms with E-state index in [9.17, 15) is 0 Å². The first-order valence-corrected chi connectivity index (χ1v) is 5.50. The summed E-state index contributed by atoms with van der Waals surface area (Å²) in [6, 6.07) is 7.55. The third kappa shape index (κ3) is 5.43. The lowest BCUT2D eigenvalue weighted by atomic mass is 10.2. The molecule has 0 aliphatic carbocycles. The van der Waals surface area contributed by atoms with Gasteiger partial charge in [-0.1, -0.05) is 42.2 Å². The molecule has 2 nitrogen and oxygen atoms in total. The van der Waals surface area contributed by atoms with E-state index < -0.39 is 0 Å². The van der Waals surface area contributed by atoms with Crippen LogP contribution in [0.2, 0.25) is 5.02 Å². The molecule has 0 N–H and O–H groups in total. The Balaban J connectivity index is 2.22. The monoisotopic (exact) mass is 224 g/mol. The van der Waals surface area contributed by atoms with Crippen LogP contribution >= 0.6 is 11.6 Å². The van der Waals surface area contributed by atoms with Gasteiger partial charge >= 0.3 is 0 Å². The van der Waals surface area contributed by atoms with Crippen LogP contribution in [0.25, 0.3) is 0 Å². The summed E-state index contributed by atoms with van der Waals surface area (Å²) in [5.74, 6) is 0. The van der Waals surface area contributed by atoms with E-state index in [1.54, 1.807) is 0 Å². The van der Waals surface area contributed by atoms with Gasteiger partial charge in [0.1, 0.15) is 12.8 Å². The molecular formula is C12H15ClNO. The number of rotatable bonds is 6. The Morgan fingerprint density at radius 1 is 1.47 bits per heavy atom. The van der Waals surface area contributed by atoms with E-state index in [1.807, 2.05) is 24.3 Å². The maximum absolute atomic E-state index is 5.82. The number of nitrogens with zero attached hydrogens (tertiary/aromatic N) is 1. The van der Waals surface area contributed by atoms with E-state index in [2.05, 4.69) is 18.3 Å². The lowest BCUT2D eigenvalue weighted by Gasteiger charge is -1.99. The average Bonchev–Trinajstić information content (AvgIpc) is 2.23.